The van der Waals surface area contributed by atoms with Gasteiger partial charge in [0.2, 0.25) is 17.7 Å². The molecule has 0 aromatic rings. The lowest BCUT2D eigenvalue weighted by Crippen LogP contribution is -2.54. The van der Waals surface area contributed by atoms with Gasteiger partial charge >= 0.3 is 0 Å². The molecule has 16 heavy (non-hydrogen) atoms. The Morgan fingerprint density at radius 3 is 2.50 bits per heavy atom. The van der Waals surface area contributed by atoms with Crippen LogP contribution >= 0.6 is 0 Å². The van der Waals surface area contributed by atoms with E-state index in [1.54, 1.807) is 0 Å². The van der Waals surface area contributed by atoms with Crippen molar-refractivity contribution in [1.82, 2.24) is 10.2 Å². The van der Waals surface area contributed by atoms with E-state index >= 15 is 0 Å². The summed E-state index contributed by atoms with van der Waals surface area (Å²) in [5, 5.41) is 10.9. The van der Waals surface area contributed by atoms with Gasteiger partial charge in [-0.05, 0) is 6.42 Å². The number of imide groups is 1. The second-order valence-electron chi connectivity index (χ2n) is 3.64. The third-order valence-corrected chi connectivity index (χ3v) is 2.29. The van der Waals surface area contributed by atoms with Crippen molar-refractivity contribution in [3.05, 3.63) is 0 Å². The van der Waals surface area contributed by atoms with Gasteiger partial charge in [0.1, 0.15) is 19.0 Å². The van der Waals surface area contributed by atoms with Crippen LogP contribution in [0.1, 0.15) is 19.8 Å². The topological polar surface area (TPSA) is 90.3 Å². The summed E-state index contributed by atoms with van der Waals surface area (Å²) < 4.78 is 0. The van der Waals surface area contributed by atoms with Crippen molar-refractivity contribution in [2.45, 2.75) is 19.8 Å². The molecule has 0 aliphatic carbocycles. The molecule has 3 amide bonds. The van der Waals surface area contributed by atoms with Gasteiger partial charge < -0.3 is 4.90 Å². The van der Waals surface area contributed by atoms with Crippen LogP contribution in [-0.2, 0) is 14.4 Å². The molecule has 0 aromatic heterocycles. The lowest BCUT2D eigenvalue weighted by atomic mass is 10.0. The molecule has 0 bridgehead atoms. The summed E-state index contributed by atoms with van der Waals surface area (Å²) in [5.74, 6) is -2.20. The molecule has 1 N–H and O–H groups in total. The zero-order valence-corrected chi connectivity index (χ0v) is 9.02. The van der Waals surface area contributed by atoms with E-state index in [-0.39, 0.29) is 13.1 Å². The standard InChI is InChI=1S/C10H13N3O3/c1-2-3-7(4-11)10(16)13-5-8(14)12-9(15)6-13/h7H,2-3,5-6H2,1H3,(H,12,14,15). The smallest absolute Gasteiger partial charge is 0.246 e. The van der Waals surface area contributed by atoms with Gasteiger partial charge in [-0.1, -0.05) is 13.3 Å². The van der Waals surface area contributed by atoms with E-state index in [2.05, 4.69) is 5.32 Å². The maximum absolute atomic E-state index is 11.8. The summed E-state index contributed by atoms with van der Waals surface area (Å²) in [6, 6.07) is 1.90. The van der Waals surface area contributed by atoms with Crippen LogP contribution in [0.3, 0.4) is 0 Å². The SMILES string of the molecule is CCCC(C#N)C(=O)N1CC(=O)NC(=O)C1. The highest BCUT2D eigenvalue weighted by Gasteiger charge is 2.30. The number of nitriles is 1. The lowest BCUT2D eigenvalue weighted by Gasteiger charge is -2.26. The fourth-order valence-corrected chi connectivity index (χ4v) is 1.55. The highest BCUT2D eigenvalue weighted by molar-refractivity contribution is 6.02. The first kappa shape index (κ1) is 12.2. The molecule has 1 rings (SSSR count). The van der Waals surface area contributed by atoms with Crippen LogP contribution in [0, 0.1) is 17.2 Å². The van der Waals surface area contributed by atoms with Crippen LogP contribution in [0.15, 0.2) is 0 Å². The Morgan fingerprint density at radius 1 is 1.50 bits per heavy atom. The van der Waals surface area contributed by atoms with Gasteiger partial charge in [-0.15, -0.1) is 0 Å². The number of carbonyl (C=O) groups excluding carboxylic acids is 3. The van der Waals surface area contributed by atoms with E-state index in [4.69, 9.17) is 5.26 Å². The normalized spacial score (nSPS) is 17.6. The van der Waals surface area contributed by atoms with Gasteiger partial charge in [-0.25, -0.2) is 0 Å². The summed E-state index contributed by atoms with van der Waals surface area (Å²) in [6.45, 7) is 1.57. The summed E-state index contributed by atoms with van der Waals surface area (Å²) in [7, 11) is 0. The van der Waals surface area contributed by atoms with Crippen LogP contribution in [0.2, 0.25) is 0 Å². The quantitative estimate of drug-likeness (QED) is 0.647. The summed E-state index contributed by atoms with van der Waals surface area (Å²) >= 11 is 0. The molecule has 1 aliphatic heterocycles. The highest BCUT2D eigenvalue weighted by Crippen LogP contribution is 2.10. The van der Waals surface area contributed by atoms with Gasteiger partial charge in [0.15, 0.2) is 0 Å². The Bertz CT molecular complexity index is 343. The van der Waals surface area contributed by atoms with E-state index in [1.165, 1.54) is 0 Å². The van der Waals surface area contributed by atoms with Gasteiger partial charge in [0.25, 0.3) is 0 Å². The molecule has 6 heteroatoms. The lowest BCUT2D eigenvalue weighted by molar-refractivity contribution is -0.146. The molecule has 1 heterocycles. The first-order chi connectivity index (χ1) is 7.58. The van der Waals surface area contributed by atoms with Crippen LogP contribution in [0.25, 0.3) is 0 Å². The van der Waals surface area contributed by atoms with Crippen LogP contribution in [-0.4, -0.2) is 35.7 Å². The van der Waals surface area contributed by atoms with E-state index < -0.39 is 23.6 Å². The number of nitrogens with zero attached hydrogens (tertiary/aromatic N) is 2. The van der Waals surface area contributed by atoms with Crippen molar-refractivity contribution >= 4 is 17.7 Å². The number of hydrogen-bond donors (Lipinski definition) is 1. The zero-order valence-electron chi connectivity index (χ0n) is 9.02. The van der Waals surface area contributed by atoms with Crippen molar-refractivity contribution in [1.29, 1.82) is 5.26 Å². The fourth-order valence-electron chi connectivity index (χ4n) is 1.55. The van der Waals surface area contributed by atoms with Crippen molar-refractivity contribution in [2.75, 3.05) is 13.1 Å². The molecular formula is C10H13N3O3. The largest absolute Gasteiger partial charge is 0.323 e. The third kappa shape index (κ3) is 2.79. The Balaban J connectivity index is 2.69. The monoisotopic (exact) mass is 223 g/mol. The minimum absolute atomic E-state index is 0.146. The Morgan fingerprint density at radius 2 is 2.06 bits per heavy atom. The fraction of sp³-hybridized carbons (Fsp3) is 0.600. The molecule has 1 saturated heterocycles. The average molecular weight is 223 g/mol. The predicted octanol–water partition coefficient (Wildman–Crippen LogP) is -0.589. The van der Waals surface area contributed by atoms with Crippen molar-refractivity contribution in [3.8, 4) is 6.07 Å². The first-order valence-electron chi connectivity index (χ1n) is 5.09. The minimum atomic E-state index is -0.760. The van der Waals surface area contributed by atoms with E-state index in [1.807, 2.05) is 13.0 Å². The Kier molecular flexibility index (Phi) is 4.00. The zero-order chi connectivity index (χ0) is 12.1. The summed E-state index contributed by atoms with van der Waals surface area (Å²) in [6.07, 6.45) is 1.15. The van der Waals surface area contributed by atoms with Crippen LogP contribution in [0.5, 0.6) is 0 Å². The number of nitrogens with one attached hydrogen (secondary N) is 1. The molecule has 1 fully saturated rings. The van der Waals surface area contributed by atoms with Crippen LogP contribution < -0.4 is 5.32 Å². The van der Waals surface area contributed by atoms with E-state index in [0.29, 0.717) is 12.8 Å². The molecule has 0 aromatic carbocycles. The maximum atomic E-state index is 11.8. The molecule has 0 radical (unpaired) electrons. The summed E-state index contributed by atoms with van der Waals surface area (Å²) in [4.78, 5) is 35.0. The molecule has 1 atom stereocenters. The number of carbonyl (C=O) groups is 3. The van der Waals surface area contributed by atoms with Gasteiger partial charge in [-0.3, -0.25) is 19.7 Å². The molecule has 1 unspecified atom stereocenters. The number of rotatable bonds is 3. The Hall–Kier alpha value is -1.90. The van der Waals surface area contributed by atoms with Crippen molar-refractivity contribution < 1.29 is 14.4 Å². The first-order valence-corrected chi connectivity index (χ1v) is 5.09. The van der Waals surface area contributed by atoms with Crippen LogP contribution in [0.4, 0.5) is 0 Å². The van der Waals surface area contributed by atoms with Gasteiger partial charge in [0.05, 0.1) is 6.07 Å². The molecular weight excluding hydrogens is 210 g/mol. The van der Waals surface area contributed by atoms with E-state index in [0.717, 1.165) is 4.90 Å². The second-order valence-corrected chi connectivity index (χ2v) is 3.64. The minimum Gasteiger partial charge on any atom is -0.323 e. The molecule has 0 spiro atoms. The van der Waals surface area contributed by atoms with Gasteiger partial charge in [-0.2, -0.15) is 5.26 Å². The molecule has 0 saturated carbocycles. The highest BCUT2D eigenvalue weighted by atomic mass is 16.2. The average Bonchev–Trinajstić information content (AvgIpc) is 2.23. The molecule has 6 nitrogen and oxygen atoms in total. The number of piperazine rings is 1. The molecule has 86 valence electrons. The number of amides is 3. The number of hydrogen-bond acceptors (Lipinski definition) is 4. The second kappa shape index (κ2) is 5.26. The molecule has 1 aliphatic rings. The maximum Gasteiger partial charge on any atom is 0.246 e. The van der Waals surface area contributed by atoms with Crippen molar-refractivity contribution in [3.63, 3.8) is 0 Å². The predicted molar refractivity (Wildman–Crippen MR) is 53.7 cm³/mol. The van der Waals surface area contributed by atoms with E-state index in [9.17, 15) is 14.4 Å². The van der Waals surface area contributed by atoms with Crippen molar-refractivity contribution in [2.24, 2.45) is 5.92 Å². The van der Waals surface area contributed by atoms with Gasteiger partial charge in [0, 0.05) is 0 Å². The third-order valence-electron chi connectivity index (χ3n) is 2.29. The Labute approximate surface area is 93.2 Å². The summed E-state index contributed by atoms with van der Waals surface area (Å²) in [5.41, 5.74) is 0.